The third kappa shape index (κ3) is 5.20. The predicted octanol–water partition coefficient (Wildman–Crippen LogP) is 1.82. The van der Waals surface area contributed by atoms with Crippen molar-refractivity contribution < 1.29 is 28.4 Å². The van der Waals surface area contributed by atoms with Gasteiger partial charge in [0.25, 0.3) is 0 Å². The van der Waals surface area contributed by atoms with Crippen LogP contribution in [-0.4, -0.2) is 45.0 Å². The van der Waals surface area contributed by atoms with E-state index in [4.69, 9.17) is 5.11 Å². The average Bonchev–Trinajstić information content (AvgIpc) is 2.94. The van der Waals surface area contributed by atoms with E-state index in [-0.39, 0.29) is 27.1 Å². The third-order valence-corrected chi connectivity index (χ3v) is 5.50. The number of methoxy groups -OCH3 is 1. The molecular formula is C16H16N2O6S2. The van der Waals surface area contributed by atoms with Crippen LogP contribution in [-0.2, 0) is 26.1 Å². The maximum atomic E-state index is 12.1. The Balaban J connectivity index is 1.95. The van der Waals surface area contributed by atoms with Crippen LogP contribution in [0.15, 0.2) is 24.3 Å². The first-order valence-corrected chi connectivity index (χ1v) is 9.63. The number of nitrogens with one attached hydrogen (secondary N) is 1. The van der Waals surface area contributed by atoms with E-state index in [0.717, 1.165) is 11.3 Å². The third-order valence-electron chi connectivity index (χ3n) is 3.21. The number of esters is 1. The predicted molar refractivity (Wildman–Crippen MR) is 96.9 cm³/mol. The summed E-state index contributed by atoms with van der Waals surface area (Å²) in [5, 5.41) is 11.7. The molecule has 2 aromatic rings. The Morgan fingerprint density at radius 2 is 2.08 bits per heavy atom. The molecule has 1 aromatic heterocycles. The van der Waals surface area contributed by atoms with Gasteiger partial charge in [-0.1, -0.05) is 23.5 Å². The van der Waals surface area contributed by atoms with E-state index < -0.39 is 28.6 Å². The lowest BCUT2D eigenvalue weighted by Gasteiger charge is -2.04. The molecule has 2 rings (SSSR count). The van der Waals surface area contributed by atoms with Gasteiger partial charge in [-0.15, -0.1) is 0 Å². The molecule has 0 aliphatic heterocycles. The van der Waals surface area contributed by atoms with Gasteiger partial charge in [0.1, 0.15) is 10.6 Å². The number of rotatable bonds is 7. The Morgan fingerprint density at radius 3 is 2.73 bits per heavy atom. The Morgan fingerprint density at radius 1 is 1.35 bits per heavy atom. The minimum absolute atomic E-state index is 0.0544. The van der Waals surface area contributed by atoms with E-state index in [1.54, 1.807) is 19.1 Å². The lowest BCUT2D eigenvalue weighted by molar-refractivity contribution is -0.113. The van der Waals surface area contributed by atoms with E-state index in [1.165, 1.54) is 19.2 Å². The second-order valence-corrected chi connectivity index (χ2v) is 7.66. The number of thiazole rings is 1. The molecule has 1 atom stereocenters. The normalized spacial score (nSPS) is 11.6. The monoisotopic (exact) mass is 396 g/mol. The van der Waals surface area contributed by atoms with E-state index >= 15 is 0 Å². The van der Waals surface area contributed by atoms with Crippen molar-refractivity contribution in [2.45, 2.75) is 12.7 Å². The zero-order valence-corrected chi connectivity index (χ0v) is 15.6. The Hall–Kier alpha value is -2.59. The minimum atomic E-state index is -1.52. The highest BCUT2D eigenvalue weighted by molar-refractivity contribution is 7.85. The molecule has 0 radical (unpaired) electrons. The molecule has 0 fully saturated rings. The number of hydrogen-bond acceptors (Lipinski definition) is 7. The van der Waals surface area contributed by atoms with E-state index in [1.807, 2.05) is 0 Å². The quantitative estimate of drug-likeness (QED) is 0.684. The van der Waals surface area contributed by atoms with Gasteiger partial charge in [0.05, 0.1) is 18.4 Å². The molecule has 0 aliphatic rings. The molecule has 8 nitrogen and oxygen atoms in total. The van der Waals surface area contributed by atoms with Crippen LogP contribution in [0.2, 0.25) is 0 Å². The van der Waals surface area contributed by atoms with Crippen molar-refractivity contribution in [1.29, 1.82) is 0 Å². The van der Waals surface area contributed by atoms with E-state index in [0.29, 0.717) is 11.3 Å². The highest BCUT2D eigenvalue weighted by atomic mass is 32.2. The van der Waals surface area contributed by atoms with Gasteiger partial charge in [0, 0.05) is 16.6 Å². The first-order chi connectivity index (χ1) is 12.3. The first kappa shape index (κ1) is 19.7. The molecule has 138 valence electrons. The fourth-order valence-corrected chi connectivity index (χ4v) is 3.98. The molecule has 10 heteroatoms. The van der Waals surface area contributed by atoms with Gasteiger partial charge in [0.2, 0.25) is 5.91 Å². The number of aromatic nitrogens is 1. The summed E-state index contributed by atoms with van der Waals surface area (Å²) in [5.74, 6) is -2.34. The summed E-state index contributed by atoms with van der Waals surface area (Å²) in [6.45, 7) is 1.62. The summed E-state index contributed by atoms with van der Waals surface area (Å²) in [4.78, 5) is 38.8. The number of carbonyl (C=O) groups is 3. The second-order valence-electron chi connectivity index (χ2n) is 5.21. The van der Waals surface area contributed by atoms with E-state index in [2.05, 4.69) is 15.0 Å². The lowest BCUT2D eigenvalue weighted by atomic mass is 10.1. The number of ether oxygens (including phenoxy) is 1. The molecule has 0 saturated carbocycles. The highest BCUT2D eigenvalue weighted by Crippen LogP contribution is 2.23. The zero-order chi connectivity index (χ0) is 19.3. The van der Waals surface area contributed by atoms with Crippen molar-refractivity contribution in [3.63, 3.8) is 0 Å². The van der Waals surface area contributed by atoms with Crippen LogP contribution in [0.25, 0.3) is 0 Å². The van der Waals surface area contributed by atoms with Gasteiger partial charge in [-0.2, -0.15) is 0 Å². The minimum Gasteiger partial charge on any atom is -0.478 e. The van der Waals surface area contributed by atoms with Crippen molar-refractivity contribution in [3.8, 4) is 0 Å². The number of carbonyl (C=O) groups excluding carboxylic acids is 2. The van der Waals surface area contributed by atoms with Crippen LogP contribution in [0.1, 0.15) is 31.3 Å². The number of carboxylic acids is 1. The van der Waals surface area contributed by atoms with Crippen molar-refractivity contribution in [2.75, 3.05) is 18.2 Å². The standard InChI is InChI=1S/C16H16N2O6S2/c1-9-13(15(22)24-2)25-16(17-9)18-12(19)8-26(23)7-10-4-3-5-11(6-10)14(20)21/h3-6H,7-8H2,1-2H3,(H,20,21)(H,17,18,19). The number of aryl methyl sites for hydroxylation is 1. The largest absolute Gasteiger partial charge is 0.478 e. The van der Waals surface area contributed by atoms with Crippen molar-refractivity contribution in [1.82, 2.24) is 4.98 Å². The Labute approximate surface area is 155 Å². The molecule has 26 heavy (non-hydrogen) atoms. The number of nitrogens with zero attached hydrogens (tertiary/aromatic N) is 1. The van der Waals surface area contributed by atoms with E-state index in [9.17, 15) is 18.6 Å². The lowest BCUT2D eigenvalue weighted by Crippen LogP contribution is -2.20. The number of aromatic carboxylic acids is 1. The fourth-order valence-electron chi connectivity index (χ4n) is 2.06. The van der Waals surface area contributed by atoms with Gasteiger partial charge < -0.3 is 15.2 Å². The number of anilines is 1. The molecule has 1 amide bonds. The van der Waals surface area contributed by atoms with Crippen LogP contribution < -0.4 is 5.32 Å². The van der Waals surface area contributed by atoms with Crippen molar-refractivity contribution in [2.24, 2.45) is 0 Å². The maximum absolute atomic E-state index is 12.1. The van der Waals surface area contributed by atoms with Gasteiger partial charge in [-0.3, -0.25) is 9.00 Å². The number of amides is 1. The smallest absolute Gasteiger partial charge is 0.350 e. The van der Waals surface area contributed by atoms with Crippen LogP contribution in [0.3, 0.4) is 0 Å². The molecule has 1 aromatic carbocycles. The van der Waals surface area contributed by atoms with Crippen molar-refractivity contribution in [3.05, 3.63) is 46.0 Å². The van der Waals surface area contributed by atoms with Gasteiger partial charge in [-0.05, 0) is 24.6 Å². The molecular weight excluding hydrogens is 380 g/mol. The van der Waals surface area contributed by atoms with Crippen LogP contribution >= 0.6 is 11.3 Å². The Kier molecular flexibility index (Phi) is 6.58. The SMILES string of the molecule is COC(=O)c1sc(NC(=O)CS(=O)Cc2cccc(C(=O)O)c2)nc1C. The number of carboxylic acid groups (broad SMARTS) is 1. The van der Waals surface area contributed by atoms with Gasteiger partial charge in [0.15, 0.2) is 5.13 Å². The van der Waals surface area contributed by atoms with Crippen LogP contribution in [0.5, 0.6) is 0 Å². The molecule has 0 bridgehead atoms. The summed E-state index contributed by atoms with van der Waals surface area (Å²) >= 11 is 0.975. The summed E-state index contributed by atoms with van der Waals surface area (Å²) in [6.07, 6.45) is 0. The average molecular weight is 396 g/mol. The van der Waals surface area contributed by atoms with Gasteiger partial charge >= 0.3 is 11.9 Å². The number of hydrogen-bond donors (Lipinski definition) is 2. The molecule has 1 unspecified atom stereocenters. The van der Waals surface area contributed by atoms with Gasteiger partial charge in [-0.25, -0.2) is 14.6 Å². The highest BCUT2D eigenvalue weighted by Gasteiger charge is 2.18. The Bertz CT molecular complexity index is 877. The zero-order valence-electron chi connectivity index (χ0n) is 14.0. The fraction of sp³-hybridized carbons (Fsp3) is 0.250. The molecule has 0 spiro atoms. The summed E-state index contributed by atoms with van der Waals surface area (Å²) in [6, 6.07) is 6.06. The second kappa shape index (κ2) is 8.68. The summed E-state index contributed by atoms with van der Waals surface area (Å²) in [7, 11) is -0.273. The first-order valence-electron chi connectivity index (χ1n) is 7.33. The number of benzene rings is 1. The maximum Gasteiger partial charge on any atom is 0.350 e. The summed E-state index contributed by atoms with van der Waals surface area (Å²) < 4.78 is 16.8. The van der Waals surface area contributed by atoms with Crippen LogP contribution in [0, 0.1) is 6.92 Å². The van der Waals surface area contributed by atoms with Crippen molar-refractivity contribution >= 4 is 45.1 Å². The molecule has 1 heterocycles. The molecule has 0 saturated heterocycles. The summed E-state index contributed by atoms with van der Waals surface area (Å²) in [5.41, 5.74) is 1.09. The molecule has 0 aliphatic carbocycles. The molecule has 2 N–H and O–H groups in total. The topological polar surface area (TPSA) is 123 Å². The van der Waals surface area contributed by atoms with Crippen LogP contribution in [0.4, 0.5) is 5.13 Å².